The van der Waals surface area contributed by atoms with Crippen LogP contribution < -0.4 is 10.2 Å². The van der Waals surface area contributed by atoms with Gasteiger partial charge in [-0.25, -0.2) is 9.97 Å². The lowest BCUT2D eigenvalue weighted by atomic mass is 10.1. The van der Waals surface area contributed by atoms with Gasteiger partial charge in [0.2, 0.25) is 5.91 Å². The lowest BCUT2D eigenvalue weighted by Crippen LogP contribution is -2.51. The number of piperazine rings is 2. The van der Waals surface area contributed by atoms with Gasteiger partial charge < -0.3 is 19.7 Å². The highest BCUT2D eigenvalue weighted by Gasteiger charge is 2.30. The van der Waals surface area contributed by atoms with E-state index in [-0.39, 0.29) is 11.9 Å². The van der Waals surface area contributed by atoms with Gasteiger partial charge in [-0.2, -0.15) is 0 Å². The summed E-state index contributed by atoms with van der Waals surface area (Å²) in [7, 11) is 1.99. The normalized spacial score (nSPS) is 21.1. The molecule has 2 aromatic heterocycles. The highest BCUT2D eigenvalue weighted by atomic mass is 16.2. The van der Waals surface area contributed by atoms with Gasteiger partial charge in [0.1, 0.15) is 17.7 Å². The Kier molecular flexibility index (Phi) is 5.87. The molecule has 1 atom stereocenters. The molecule has 0 bridgehead atoms. The Balaban J connectivity index is 1.29. The van der Waals surface area contributed by atoms with Gasteiger partial charge in [0, 0.05) is 84.4 Å². The number of nitrogens with one attached hydrogen (secondary N) is 1. The zero-order valence-electron chi connectivity index (χ0n) is 16.5. The Morgan fingerprint density at radius 1 is 1.14 bits per heavy atom. The number of amides is 1. The first-order valence-corrected chi connectivity index (χ1v) is 10.1. The van der Waals surface area contributed by atoms with E-state index >= 15 is 0 Å². The number of carbonyl (C=O) groups is 1. The molecule has 0 aliphatic carbocycles. The fourth-order valence-electron chi connectivity index (χ4n) is 4.07. The Bertz CT molecular complexity index is 770. The van der Waals surface area contributed by atoms with Crippen molar-refractivity contribution in [2.75, 3.05) is 57.3 Å². The molecule has 28 heavy (non-hydrogen) atoms. The number of anilines is 1. The van der Waals surface area contributed by atoms with Crippen molar-refractivity contribution in [1.82, 2.24) is 29.7 Å². The number of aryl methyl sites for hydroxylation is 1. The lowest BCUT2D eigenvalue weighted by molar-refractivity contribution is -0.135. The van der Waals surface area contributed by atoms with Crippen LogP contribution in [-0.2, 0) is 11.8 Å². The van der Waals surface area contributed by atoms with E-state index in [1.165, 1.54) is 0 Å². The second-order valence-electron chi connectivity index (χ2n) is 7.47. The molecule has 0 spiro atoms. The molecule has 2 aliphatic rings. The van der Waals surface area contributed by atoms with Crippen LogP contribution in [-0.4, -0.2) is 82.6 Å². The lowest BCUT2D eigenvalue weighted by Gasteiger charge is -2.37. The summed E-state index contributed by atoms with van der Waals surface area (Å²) >= 11 is 0. The summed E-state index contributed by atoms with van der Waals surface area (Å²) in [6, 6.07) is 6.04. The topological polar surface area (TPSA) is 69.5 Å². The Labute approximate surface area is 166 Å². The quantitative estimate of drug-likeness (QED) is 0.811. The van der Waals surface area contributed by atoms with Crippen molar-refractivity contribution in [3.8, 4) is 0 Å². The fourth-order valence-corrected chi connectivity index (χ4v) is 4.07. The minimum Gasteiger partial charge on any atom is -0.354 e. The van der Waals surface area contributed by atoms with Crippen LogP contribution in [0.2, 0.25) is 0 Å². The van der Waals surface area contributed by atoms with Crippen LogP contribution in [0.3, 0.4) is 0 Å². The zero-order chi connectivity index (χ0) is 19.3. The van der Waals surface area contributed by atoms with Gasteiger partial charge in [-0.05, 0) is 12.1 Å². The van der Waals surface area contributed by atoms with Gasteiger partial charge >= 0.3 is 0 Å². The third kappa shape index (κ3) is 4.18. The molecule has 2 saturated heterocycles. The predicted octanol–water partition coefficient (Wildman–Crippen LogP) is 0.500. The average molecular weight is 384 g/mol. The van der Waals surface area contributed by atoms with Crippen LogP contribution in [0.4, 0.5) is 5.82 Å². The maximum absolute atomic E-state index is 13.0. The molecule has 1 amide bonds. The van der Waals surface area contributed by atoms with Crippen molar-refractivity contribution in [3.05, 3.63) is 42.6 Å². The van der Waals surface area contributed by atoms with Crippen LogP contribution in [0.25, 0.3) is 0 Å². The number of aromatic nitrogens is 3. The molecule has 8 nitrogen and oxygen atoms in total. The molecule has 4 heterocycles. The molecule has 2 fully saturated rings. The number of nitrogens with zero attached hydrogens (tertiary/aromatic N) is 6. The summed E-state index contributed by atoms with van der Waals surface area (Å²) in [4.78, 5) is 28.6. The van der Waals surface area contributed by atoms with Crippen LogP contribution >= 0.6 is 0 Å². The van der Waals surface area contributed by atoms with Gasteiger partial charge in [0.05, 0.1) is 0 Å². The van der Waals surface area contributed by atoms with Crippen molar-refractivity contribution in [1.29, 1.82) is 0 Å². The number of hydrogen-bond acceptors (Lipinski definition) is 6. The molecule has 1 N–H and O–H groups in total. The molecule has 1 unspecified atom stereocenters. The minimum atomic E-state index is 0.0160. The zero-order valence-corrected chi connectivity index (χ0v) is 16.5. The monoisotopic (exact) mass is 383 g/mol. The average Bonchev–Trinajstić information content (AvgIpc) is 3.19. The third-order valence-electron chi connectivity index (χ3n) is 5.71. The summed E-state index contributed by atoms with van der Waals surface area (Å²) in [6.07, 6.45) is 6.14. The predicted molar refractivity (Wildman–Crippen MR) is 108 cm³/mol. The number of imidazole rings is 1. The standard InChI is InChI=1S/C20H29N7O/c1-24-10-8-23-20(24)17-16-21-7-11-27(17)19(28)5-9-25-12-14-26(15-13-25)18-4-2-3-6-22-18/h2-4,6,8,10,17,21H,5,7,9,11-16H2,1H3. The summed E-state index contributed by atoms with van der Waals surface area (Å²) in [5.41, 5.74) is 0. The van der Waals surface area contributed by atoms with E-state index in [1.807, 2.05) is 41.0 Å². The van der Waals surface area contributed by atoms with Gasteiger partial charge in [0.25, 0.3) is 0 Å². The summed E-state index contributed by atoms with van der Waals surface area (Å²) in [5, 5.41) is 3.39. The SMILES string of the molecule is Cn1ccnc1C1CNCCN1C(=O)CCN1CCN(c2ccccn2)CC1. The highest BCUT2D eigenvalue weighted by Crippen LogP contribution is 2.21. The minimum absolute atomic E-state index is 0.0160. The number of pyridine rings is 1. The maximum Gasteiger partial charge on any atom is 0.224 e. The first-order valence-electron chi connectivity index (χ1n) is 10.1. The Morgan fingerprint density at radius 2 is 2.00 bits per heavy atom. The van der Waals surface area contributed by atoms with Crippen molar-refractivity contribution in [2.24, 2.45) is 7.05 Å². The van der Waals surface area contributed by atoms with E-state index in [1.54, 1.807) is 6.20 Å². The second-order valence-corrected chi connectivity index (χ2v) is 7.47. The van der Waals surface area contributed by atoms with Crippen LogP contribution in [0.1, 0.15) is 18.3 Å². The Morgan fingerprint density at radius 3 is 2.71 bits per heavy atom. The highest BCUT2D eigenvalue weighted by molar-refractivity contribution is 5.77. The van der Waals surface area contributed by atoms with Gasteiger partial charge in [-0.3, -0.25) is 9.69 Å². The summed E-state index contributed by atoms with van der Waals surface area (Å²) in [5.74, 6) is 2.21. The van der Waals surface area contributed by atoms with Crippen molar-refractivity contribution in [3.63, 3.8) is 0 Å². The molecule has 2 aliphatic heterocycles. The molecule has 2 aromatic rings. The van der Waals surface area contributed by atoms with Crippen LogP contribution in [0.5, 0.6) is 0 Å². The third-order valence-corrected chi connectivity index (χ3v) is 5.71. The van der Waals surface area contributed by atoms with Crippen LogP contribution in [0.15, 0.2) is 36.8 Å². The number of rotatable bonds is 5. The van der Waals surface area contributed by atoms with Crippen molar-refractivity contribution >= 4 is 11.7 Å². The molecular formula is C20H29N7O. The smallest absolute Gasteiger partial charge is 0.224 e. The van der Waals surface area contributed by atoms with E-state index in [0.29, 0.717) is 6.42 Å². The fraction of sp³-hybridized carbons (Fsp3) is 0.550. The van der Waals surface area contributed by atoms with Gasteiger partial charge in [-0.1, -0.05) is 6.07 Å². The van der Waals surface area contributed by atoms with E-state index in [0.717, 1.165) is 64.0 Å². The summed E-state index contributed by atoms with van der Waals surface area (Å²) in [6.45, 7) is 7.00. The molecule has 0 radical (unpaired) electrons. The van der Waals surface area contributed by atoms with Gasteiger partial charge in [0.15, 0.2) is 0 Å². The van der Waals surface area contributed by atoms with E-state index in [2.05, 4.69) is 31.2 Å². The largest absolute Gasteiger partial charge is 0.354 e. The first kappa shape index (κ1) is 18.9. The van der Waals surface area contributed by atoms with E-state index < -0.39 is 0 Å². The molecule has 0 saturated carbocycles. The molecular weight excluding hydrogens is 354 g/mol. The molecule has 0 aromatic carbocycles. The van der Waals surface area contributed by atoms with E-state index in [4.69, 9.17) is 0 Å². The number of carbonyl (C=O) groups excluding carboxylic acids is 1. The van der Waals surface area contributed by atoms with E-state index in [9.17, 15) is 4.79 Å². The van der Waals surface area contributed by atoms with Crippen molar-refractivity contribution in [2.45, 2.75) is 12.5 Å². The first-order chi connectivity index (χ1) is 13.7. The number of hydrogen-bond donors (Lipinski definition) is 1. The molecule has 8 heteroatoms. The molecule has 4 rings (SSSR count). The van der Waals surface area contributed by atoms with Crippen LogP contribution in [0, 0.1) is 0 Å². The summed E-state index contributed by atoms with van der Waals surface area (Å²) < 4.78 is 2.01. The molecule has 150 valence electrons. The maximum atomic E-state index is 13.0. The van der Waals surface area contributed by atoms with Crippen molar-refractivity contribution < 1.29 is 4.79 Å². The second kappa shape index (κ2) is 8.70. The van der Waals surface area contributed by atoms with Gasteiger partial charge in [-0.15, -0.1) is 0 Å². The Hall–Kier alpha value is -2.45.